The molecule has 1 aromatic heterocycles. The molecule has 0 saturated carbocycles. The molecule has 0 spiro atoms. The fourth-order valence-electron chi connectivity index (χ4n) is 2.09. The van der Waals surface area contributed by atoms with Gasteiger partial charge in [-0.2, -0.15) is 0 Å². The molecule has 1 aliphatic heterocycles. The monoisotopic (exact) mass is 191 g/mol. The van der Waals surface area contributed by atoms with Crippen LogP contribution in [0, 0.1) is 0 Å². The molecule has 1 unspecified atom stereocenters. The summed E-state index contributed by atoms with van der Waals surface area (Å²) in [6, 6.07) is 0. The zero-order valence-electron chi connectivity index (χ0n) is 8.66. The Hall–Kier alpha value is -0.960. The van der Waals surface area contributed by atoms with Crippen molar-refractivity contribution in [2.24, 2.45) is 0 Å². The van der Waals surface area contributed by atoms with E-state index in [0.29, 0.717) is 5.92 Å². The molecule has 1 aromatic rings. The van der Waals surface area contributed by atoms with Gasteiger partial charge in [-0.15, -0.1) is 0 Å². The smallest absolute Gasteiger partial charge is 0.115 e. The number of piperidine rings is 1. The topological polar surface area (TPSA) is 37.8 Å². The summed E-state index contributed by atoms with van der Waals surface area (Å²) in [6.07, 6.45) is 7.18. The number of hydrogen-bond donors (Lipinski definition) is 1. The van der Waals surface area contributed by atoms with E-state index in [9.17, 15) is 0 Å². The third kappa shape index (κ3) is 1.93. The first-order valence-corrected chi connectivity index (χ1v) is 5.41. The highest BCUT2D eigenvalue weighted by Gasteiger charge is 2.18. The molecule has 3 nitrogen and oxygen atoms in total. The zero-order chi connectivity index (χ0) is 9.80. The Kier molecular flexibility index (Phi) is 3.09. The van der Waals surface area contributed by atoms with Gasteiger partial charge in [0.15, 0.2) is 0 Å². The molecule has 3 heteroatoms. The normalized spacial score (nSPS) is 22.2. The van der Waals surface area contributed by atoms with Crippen molar-refractivity contribution >= 4 is 0 Å². The van der Waals surface area contributed by atoms with Crippen molar-refractivity contribution in [2.75, 3.05) is 13.1 Å². The highest BCUT2D eigenvalue weighted by molar-refractivity contribution is 5.20. The van der Waals surface area contributed by atoms with Crippen LogP contribution in [0.5, 0.6) is 0 Å². The fourth-order valence-corrected chi connectivity index (χ4v) is 2.09. The number of nitrogens with one attached hydrogen (secondary N) is 1. The lowest BCUT2D eigenvalue weighted by atomic mass is 9.92. The van der Waals surface area contributed by atoms with Crippen LogP contribution >= 0.6 is 0 Å². The van der Waals surface area contributed by atoms with E-state index < -0.39 is 0 Å². The average molecular weight is 191 g/mol. The van der Waals surface area contributed by atoms with Crippen molar-refractivity contribution in [2.45, 2.75) is 32.1 Å². The van der Waals surface area contributed by atoms with Gasteiger partial charge in [0.05, 0.1) is 5.69 Å². The van der Waals surface area contributed by atoms with Gasteiger partial charge in [-0.25, -0.2) is 9.97 Å². The first kappa shape index (κ1) is 9.59. The minimum Gasteiger partial charge on any atom is -0.316 e. The number of hydrogen-bond acceptors (Lipinski definition) is 3. The lowest BCUT2D eigenvalue weighted by Crippen LogP contribution is -2.29. The molecule has 1 saturated heterocycles. The van der Waals surface area contributed by atoms with Crippen molar-refractivity contribution in [1.82, 2.24) is 15.3 Å². The van der Waals surface area contributed by atoms with Gasteiger partial charge in [-0.1, -0.05) is 6.92 Å². The summed E-state index contributed by atoms with van der Waals surface area (Å²) in [6.45, 7) is 4.39. The zero-order valence-corrected chi connectivity index (χ0v) is 8.66. The molecular weight excluding hydrogens is 174 g/mol. The van der Waals surface area contributed by atoms with Crippen LogP contribution in [0.3, 0.4) is 0 Å². The Morgan fingerprint density at radius 1 is 1.57 bits per heavy atom. The van der Waals surface area contributed by atoms with Gasteiger partial charge < -0.3 is 5.32 Å². The fraction of sp³-hybridized carbons (Fsp3) is 0.636. The van der Waals surface area contributed by atoms with Crippen molar-refractivity contribution < 1.29 is 0 Å². The lowest BCUT2D eigenvalue weighted by Gasteiger charge is -2.23. The van der Waals surface area contributed by atoms with E-state index in [-0.39, 0.29) is 0 Å². The van der Waals surface area contributed by atoms with Gasteiger partial charge in [-0.3, -0.25) is 0 Å². The number of nitrogens with zero attached hydrogens (tertiary/aromatic N) is 2. The van der Waals surface area contributed by atoms with Gasteiger partial charge >= 0.3 is 0 Å². The molecule has 0 aliphatic carbocycles. The minimum atomic E-state index is 0.599. The molecule has 1 atom stereocenters. The van der Waals surface area contributed by atoms with Gasteiger partial charge in [-0.05, 0) is 31.4 Å². The van der Waals surface area contributed by atoms with Crippen LogP contribution in [-0.4, -0.2) is 23.1 Å². The Labute approximate surface area is 85.0 Å². The maximum absolute atomic E-state index is 4.42. The minimum absolute atomic E-state index is 0.599. The van der Waals surface area contributed by atoms with Crippen LogP contribution < -0.4 is 5.32 Å². The molecule has 2 heterocycles. The third-order valence-electron chi connectivity index (χ3n) is 2.89. The molecule has 14 heavy (non-hydrogen) atoms. The average Bonchev–Trinajstić information content (AvgIpc) is 2.30. The molecule has 76 valence electrons. The SMILES string of the molecule is CCc1cncnc1C1CCCNC1. The summed E-state index contributed by atoms with van der Waals surface area (Å²) in [5.74, 6) is 0.599. The van der Waals surface area contributed by atoms with Crippen LogP contribution in [0.1, 0.15) is 36.9 Å². The van der Waals surface area contributed by atoms with E-state index in [1.165, 1.54) is 24.1 Å². The molecule has 0 bridgehead atoms. The maximum Gasteiger partial charge on any atom is 0.115 e. The molecule has 1 N–H and O–H groups in total. The van der Waals surface area contributed by atoms with E-state index in [4.69, 9.17) is 0 Å². The van der Waals surface area contributed by atoms with Crippen molar-refractivity contribution in [3.05, 3.63) is 23.8 Å². The van der Waals surface area contributed by atoms with Gasteiger partial charge in [0.25, 0.3) is 0 Å². The van der Waals surface area contributed by atoms with E-state index in [1.54, 1.807) is 6.33 Å². The van der Waals surface area contributed by atoms with Gasteiger partial charge in [0.1, 0.15) is 6.33 Å². The predicted octanol–water partition coefficient (Wildman–Crippen LogP) is 1.51. The first-order valence-electron chi connectivity index (χ1n) is 5.41. The standard InChI is InChI=1S/C11H17N3/c1-2-9-6-13-8-14-11(9)10-4-3-5-12-7-10/h6,8,10,12H,2-5,7H2,1H3. The molecule has 1 fully saturated rings. The lowest BCUT2D eigenvalue weighted by molar-refractivity contribution is 0.452. The van der Waals surface area contributed by atoms with Crippen LogP contribution in [0.25, 0.3) is 0 Å². The van der Waals surface area contributed by atoms with Crippen molar-refractivity contribution in [3.63, 3.8) is 0 Å². The molecule has 0 aromatic carbocycles. The summed E-state index contributed by atoms with van der Waals surface area (Å²) in [4.78, 5) is 8.50. The molecular formula is C11H17N3. The van der Waals surface area contributed by atoms with Crippen LogP contribution in [0.15, 0.2) is 12.5 Å². The maximum atomic E-state index is 4.42. The van der Waals surface area contributed by atoms with E-state index >= 15 is 0 Å². The second-order valence-corrected chi connectivity index (χ2v) is 3.83. The van der Waals surface area contributed by atoms with E-state index in [0.717, 1.165) is 19.5 Å². The Morgan fingerprint density at radius 3 is 3.21 bits per heavy atom. The summed E-state index contributed by atoms with van der Waals surface area (Å²) in [5.41, 5.74) is 2.57. The molecule has 0 radical (unpaired) electrons. The Morgan fingerprint density at radius 2 is 2.50 bits per heavy atom. The molecule has 1 aliphatic rings. The number of aryl methyl sites for hydroxylation is 1. The molecule has 0 amide bonds. The summed E-state index contributed by atoms with van der Waals surface area (Å²) in [7, 11) is 0. The highest BCUT2D eigenvalue weighted by Crippen LogP contribution is 2.23. The number of rotatable bonds is 2. The summed E-state index contributed by atoms with van der Waals surface area (Å²) in [5, 5.41) is 3.42. The summed E-state index contributed by atoms with van der Waals surface area (Å²) < 4.78 is 0. The quantitative estimate of drug-likeness (QED) is 0.770. The van der Waals surface area contributed by atoms with Crippen LogP contribution in [0.4, 0.5) is 0 Å². The Bertz CT molecular complexity index is 292. The van der Waals surface area contributed by atoms with Gasteiger partial charge in [0.2, 0.25) is 0 Å². The highest BCUT2D eigenvalue weighted by atomic mass is 14.9. The first-order chi connectivity index (χ1) is 6.92. The Balaban J connectivity index is 2.20. The van der Waals surface area contributed by atoms with E-state index in [2.05, 4.69) is 22.2 Å². The number of aromatic nitrogens is 2. The largest absolute Gasteiger partial charge is 0.316 e. The third-order valence-corrected chi connectivity index (χ3v) is 2.89. The molecule has 2 rings (SSSR count). The summed E-state index contributed by atoms with van der Waals surface area (Å²) >= 11 is 0. The van der Waals surface area contributed by atoms with Crippen molar-refractivity contribution in [3.8, 4) is 0 Å². The van der Waals surface area contributed by atoms with Crippen LogP contribution in [0.2, 0.25) is 0 Å². The van der Waals surface area contributed by atoms with Crippen molar-refractivity contribution in [1.29, 1.82) is 0 Å². The second-order valence-electron chi connectivity index (χ2n) is 3.83. The predicted molar refractivity (Wildman–Crippen MR) is 56.3 cm³/mol. The van der Waals surface area contributed by atoms with Crippen LogP contribution in [-0.2, 0) is 6.42 Å². The van der Waals surface area contributed by atoms with E-state index in [1.807, 2.05) is 6.20 Å². The van der Waals surface area contributed by atoms with Gasteiger partial charge in [0, 0.05) is 18.7 Å². The second kappa shape index (κ2) is 4.51.